The van der Waals surface area contributed by atoms with Crippen molar-refractivity contribution in [3.63, 3.8) is 0 Å². The third-order valence-electron chi connectivity index (χ3n) is 7.16. The average molecular weight is 520 g/mol. The van der Waals surface area contributed by atoms with Gasteiger partial charge in [-0.15, -0.1) is 11.3 Å². The minimum absolute atomic E-state index is 0.121. The lowest BCUT2D eigenvalue weighted by molar-refractivity contribution is 0.630. The summed E-state index contributed by atoms with van der Waals surface area (Å²) in [6, 6.07) is 26.7. The van der Waals surface area contributed by atoms with E-state index in [1.54, 1.807) is 16.0 Å². The van der Waals surface area contributed by atoms with Crippen molar-refractivity contribution in [1.82, 2.24) is 18.9 Å². The molecule has 0 fully saturated rings. The summed E-state index contributed by atoms with van der Waals surface area (Å²) in [5.41, 5.74) is 7.87. The van der Waals surface area contributed by atoms with E-state index >= 15 is 0 Å². The highest BCUT2D eigenvalue weighted by atomic mass is 32.1. The van der Waals surface area contributed by atoms with Gasteiger partial charge in [0, 0.05) is 36.1 Å². The minimum atomic E-state index is -0.121. The van der Waals surface area contributed by atoms with Gasteiger partial charge in [-0.3, -0.25) is 9.48 Å². The fourth-order valence-electron chi connectivity index (χ4n) is 4.94. The molecule has 0 saturated heterocycles. The molecule has 3 aromatic heterocycles. The monoisotopic (exact) mass is 519 g/mol. The van der Waals surface area contributed by atoms with Crippen LogP contribution in [0.3, 0.4) is 0 Å². The number of fused-ring (bicyclic) bond motifs is 1. The van der Waals surface area contributed by atoms with Crippen LogP contribution in [0, 0.1) is 13.8 Å². The molecule has 0 aliphatic heterocycles. The van der Waals surface area contributed by atoms with E-state index in [0.717, 1.165) is 45.9 Å². The zero-order valence-corrected chi connectivity index (χ0v) is 22.5. The number of aromatic amines is 1. The first-order valence-electron chi connectivity index (χ1n) is 12.7. The zero-order valence-electron chi connectivity index (χ0n) is 21.7. The maximum atomic E-state index is 13.6. The van der Waals surface area contributed by atoms with Crippen molar-refractivity contribution in [2.75, 3.05) is 0 Å². The highest BCUT2D eigenvalue weighted by molar-refractivity contribution is 7.07. The lowest BCUT2D eigenvalue weighted by Crippen LogP contribution is -2.20. The van der Waals surface area contributed by atoms with Crippen LogP contribution in [0.15, 0.2) is 100 Å². The van der Waals surface area contributed by atoms with Crippen LogP contribution in [0.4, 0.5) is 5.69 Å². The van der Waals surface area contributed by atoms with Crippen LogP contribution >= 0.6 is 11.3 Å². The second kappa shape index (κ2) is 9.84. The Morgan fingerprint density at radius 2 is 1.66 bits per heavy atom. The number of rotatable bonds is 6. The third-order valence-corrected chi connectivity index (χ3v) is 8.02. The quantitative estimate of drug-likeness (QED) is 0.277. The van der Waals surface area contributed by atoms with E-state index in [1.807, 2.05) is 55.1 Å². The Morgan fingerprint density at radius 3 is 2.45 bits per heavy atom. The van der Waals surface area contributed by atoms with Gasteiger partial charge in [-0.2, -0.15) is 0 Å². The Labute approximate surface area is 224 Å². The fraction of sp³-hybridized carbons (Fsp3) is 0.161. The SMILES string of the molecule is Cc1ccc(-c2csc(=Nc3c(C)n(C)n(-c4ccccc4)c3=O)n2CCc2c[nH]c3ccccc23)cc1. The van der Waals surface area contributed by atoms with Gasteiger partial charge in [-0.25, -0.2) is 9.67 Å². The Kier molecular flexibility index (Phi) is 6.21. The highest BCUT2D eigenvalue weighted by Gasteiger charge is 2.17. The van der Waals surface area contributed by atoms with E-state index in [0.29, 0.717) is 5.69 Å². The summed E-state index contributed by atoms with van der Waals surface area (Å²) in [4.78, 5) is 22.8. The number of hydrogen-bond donors (Lipinski definition) is 1. The van der Waals surface area contributed by atoms with Gasteiger partial charge >= 0.3 is 0 Å². The molecule has 0 atom stereocenters. The zero-order chi connectivity index (χ0) is 26.2. The Bertz CT molecular complexity index is 1860. The van der Waals surface area contributed by atoms with E-state index < -0.39 is 0 Å². The number of aromatic nitrogens is 4. The van der Waals surface area contributed by atoms with Crippen LogP contribution < -0.4 is 10.4 Å². The molecule has 0 bridgehead atoms. The topological polar surface area (TPSA) is 60.0 Å². The van der Waals surface area contributed by atoms with Gasteiger partial charge in [-0.1, -0.05) is 66.2 Å². The first-order valence-corrected chi connectivity index (χ1v) is 13.6. The summed E-state index contributed by atoms with van der Waals surface area (Å²) >= 11 is 1.57. The van der Waals surface area contributed by atoms with Crippen molar-refractivity contribution in [1.29, 1.82) is 0 Å². The average Bonchev–Trinajstić information content (AvgIpc) is 3.60. The third kappa shape index (κ3) is 4.25. The summed E-state index contributed by atoms with van der Waals surface area (Å²) in [5.74, 6) is 0. The van der Waals surface area contributed by atoms with Crippen molar-refractivity contribution in [2.45, 2.75) is 26.8 Å². The molecule has 190 valence electrons. The van der Waals surface area contributed by atoms with Gasteiger partial charge in [-0.05, 0) is 49.6 Å². The predicted octanol–water partition coefficient (Wildman–Crippen LogP) is 6.28. The Balaban J connectivity index is 1.47. The molecule has 0 radical (unpaired) electrons. The number of nitrogens with one attached hydrogen (secondary N) is 1. The van der Waals surface area contributed by atoms with E-state index in [-0.39, 0.29) is 5.56 Å². The normalized spacial score (nSPS) is 12.0. The van der Waals surface area contributed by atoms with Gasteiger partial charge in [0.2, 0.25) is 0 Å². The van der Waals surface area contributed by atoms with Gasteiger partial charge in [0.25, 0.3) is 5.56 Å². The van der Waals surface area contributed by atoms with Crippen molar-refractivity contribution < 1.29 is 0 Å². The second-order valence-electron chi connectivity index (χ2n) is 9.55. The van der Waals surface area contributed by atoms with Crippen molar-refractivity contribution in [3.05, 3.63) is 122 Å². The van der Waals surface area contributed by atoms with E-state index in [2.05, 4.69) is 70.5 Å². The fourth-order valence-corrected chi connectivity index (χ4v) is 5.88. The highest BCUT2D eigenvalue weighted by Crippen LogP contribution is 2.24. The van der Waals surface area contributed by atoms with E-state index in [9.17, 15) is 4.79 Å². The second-order valence-corrected chi connectivity index (χ2v) is 10.4. The molecule has 0 amide bonds. The molecule has 3 aromatic carbocycles. The van der Waals surface area contributed by atoms with Gasteiger partial charge in [0.15, 0.2) is 10.5 Å². The molecule has 0 unspecified atom stereocenters. The minimum Gasteiger partial charge on any atom is -0.361 e. The van der Waals surface area contributed by atoms with Gasteiger partial charge in [0.1, 0.15) is 0 Å². The summed E-state index contributed by atoms with van der Waals surface area (Å²) in [6.45, 7) is 4.79. The molecule has 0 aliphatic rings. The van der Waals surface area contributed by atoms with Gasteiger partial charge < -0.3 is 9.55 Å². The predicted molar refractivity (Wildman–Crippen MR) is 155 cm³/mol. The molecule has 6 rings (SSSR count). The smallest absolute Gasteiger partial charge is 0.297 e. The van der Waals surface area contributed by atoms with Crippen LogP contribution in [0.1, 0.15) is 16.8 Å². The first kappa shape index (κ1) is 24.0. The number of aryl methyl sites for hydroxylation is 2. The van der Waals surface area contributed by atoms with Crippen molar-refractivity contribution in [2.24, 2.45) is 12.0 Å². The number of para-hydroxylation sites is 2. The summed E-state index contributed by atoms with van der Waals surface area (Å²) in [5, 5.41) is 3.38. The summed E-state index contributed by atoms with van der Waals surface area (Å²) in [7, 11) is 1.90. The summed E-state index contributed by atoms with van der Waals surface area (Å²) < 4.78 is 5.80. The van der Waals surface area contributed by atoms with Crippen molar-refractivity contribution in [3.8, 4) is 16.9 Å². The maximum absolute atomic E-state index is 13.6. The number of benzene rings is 3. The van der Waals surface area contributed by atoms with Crippen molar-refractivity contribution >= 4 is 27.9 Å². The molecule has 3 heterocycles. The van der Waals surface area contributed by atoms with Crippen LogP contribution in [-0.4, -0.2) is 18.9 Å². The molecule has 6 aromatic rings. The molecular weight excluding hydrogens is 490 g/mol. The molecule has 0 aliphatic carbocycles. The molecule has 6 nitrogen and oxygen atoms in total. The number of hydrogen-bond acceptors (Lipinski definition) is 3. The molecule has 0 spiro atoms. The maximum Gasteiger partial charge on any atom is 0.297 e. The molecule has 1 N–H and O–H groups in total. The number of H-pyrrole nitrogens is 1. The largest absolute Gasteiger partial charge is 0.361 e. The molecule has 7 heteroatoms. The first-order chi connectivity index (χ1) is 18.5. The molecule has 0 saturated carbocycles. The Morgan fingerprint density at radius 1 is 0.921 bits per heavy atom. The lowest BCUT2D eigenvalue weighted by Gasteiger charge is -2.09. The van der Waals surface area contributed by atoms with Crippen LogP contribution in [0.25, 0.3) is 27.8 Å². The lowest BCUT2D eigenvalue weighted by atomic mass is 10.1. The molecule has 38 heavy (non-hydrogen) atoms. The van der Waals surface area contributed by atoms with Crippen LogP contribution in [0.2, 0.25) is 0 Å². The van der Waals surface area contributed by atoms with Gasteiger partial charge in [0.05, 0.1) is 17.1 Å². The Hall–Kier alpha value is -4.36. The number of thiazole rings is 1. The number of nitrogens with zero attached hydrogens (tertiary/aromatic N) is 4. The van der Waals surface area contributed by atoms with E-state index in [4.69, 9.17) is 4.99 Å². The van der Waals surface area contributed by atoms with Crippen LogP contribution in [0.5, 0.6) is 0 Å². The van der Waals surface area contributed by atoms with E-state index in [1.165, 1.54) is 16.5 Å². The summed E-state index contributed by atoms with van der Waals surface area (Å²) in [6.07, 6.45) is 2.94. The standard InChI is InChI=1S/C31H29N5OS/c1-21-13-15-23(16-14-21)28-20-38-31(35(28)18-17-24-19-32-27-12-8-7-11-26(24)27)33-29-22(2)34(3)36(30(29)37)25-9-5-4-6-10-25/h4-16,19-20,32H,17-18H2,1-3H3. The molecular formula is C31H29N5OS. The van der Waals surface area contributed by atoms with Crippen LogP contribution in [-0.2, 0) is 20.0 Å².